The zero-order valence-electron chi connectivity index (χ0n) is 11.7. The molecule has 18 heavy (non-hydrogen) atoms. The Morgan fingerprint density at radius 1 is 1.56 bits per heavy atom. The Labute approximate surface area is 109 Å². The van der Waals surface area contributed by atoms with Crippen LogP contribution in [0.4, 0.5) is 0 Å². The normalized spacial score (nSPS) is 13.4. The van der Waals surface area contributed by atoms with Crippen LogP contribution < -0.4 is 11.1 Å². The fraction of sp³-hybridized carbons (Fsp3) is 0.692. The molecule has 0 aliphatic heterocycles. The molecule has 5 nitrogen and oxygen atoms in total. The van der Waals surface area contributed by atoms with E-state index in [2.05, 4.69) is 36.3 Å². The number of hydrogen-bond donors (Lipinski definition) is 3. The lowest BCUT2D eigenvalue weighted by Crippen LogP contribution is -2.36. The molecule has 102 valence electrons. The molecule has 1 rings (SSSR count). The first-order valence-corrected chi connectivity index (χ1v) is 6.30. The number of nitrogens with one attached hydrogen (secondary N) is 2. The van der Waals surface area contributed by atoms with Crippen molar-refractivity contribution in [2.75, 3.05) is 6.54 Å². The lowest BCUT2D eigenvalue weighted by Gasteiger charge is -2.24. The largest absolute Gasteiger partial charge is 0.352 e. The summed E-state index contributed by atoms with van der Waals surface area (Å²) >= 11 is 0. The van der Waals surface area contributed by atoms with Crippen LogP contribution in [0.2, 0.25) is 0 Å². The van der Waals surface area contributed by atoms with Crippen molar-refractivity contribution >= 4 is 5.91 Å². The molecule has 1 atom stereocenters. The summed E-state index contributed by atoms with van der Waals surface area (Å²) in [6.45, 7) is 9.16. The summed E-state index contributed by atoms with van der Waals surface area (Å²) in [5.41, 5.74) is 7.78. The monoisotopic (exact) mass is 252 g/mol. The minimum Gasteiger partial charge on any atom is -0.352 e. The Morgan fingerprint density at radius 3 is 2.67 bits per heavy atom. The third-order valence-electron chi connectivity index (χ3n) is 2.90. The first-order valence-electron chi connectivity index (χ1n) is 6.30. The maximum atomic E-state index is 12.0. The van der Waals surface area contributed by atoms with Crippen LogP contribution in [0.5, 0.6) is 0 Å². The number of aryl methyl sites for hydroxylation is 1. The van der Waals surface area contributed by atoms with E-state index in [4.69, 9.17) is 5.73 Å². The van der Waals surface area contributed by atoms with E-state index in [0.717, 1.165) is 17.7 Å². The molecule has 0 spiro atoms. The molecular formula is C13H24N4O. The van der Waals surface area contributed by atoms with Gasteiger partial charge in [0, 0.05) is 24.3 Å². The van der Waals surface area contributed by atoms with Gasteiger partial charge in [-0.1, -0.05) is 20.8 Å². The van der Waals surface area contributed by atoms with Gasteiger partial charge in [0.25, 0.3) is 0 Å². The highest BCUT2D eigenvalue weighted by Gasteiger charge is 2.23. The number of amides is 1. The molecule has 1 aromatic heterocycles. The van der Waals surface area contributed by atoms with E-state index in [9.17, 15) is 4.79 Å². The number of nitrogens with zero attached hydrogens (tertiary/aromatic N) is 1. The van der Waals surface area contributed by atoms with Crippen LogP contribution >= 0.6 is 0 Å². The highest BCUT2D eigenvalue weighted by molar-refractivity contribution is 5.78. The lowest BCUT2D eigenvalue weighted by atomic mass is 9.84. The van der Waals surface area contributed by atoms with Gasteiger partial charge in [0.15, 0.2) is 0 Å². The van der Waals surface area contributed by atoms with Gasteiger partial charge in [0.05, 0.1) is 12.1 Å². The summed E-state index contributed by atoms with van der Waals surface area (Å²) in [5, 5.41) is 9.69. The Balaban J connectivity index is 2.51. The van der Waals surface area contributed by atoms with Crippen molar-refractivity contribution in [1.82, 2.24) is 15.5 Å². The van der Waals surface area contributed by atoms with Crippen molar-refractivity contribution < 1.29 is 4.79 Å². The van der Waals surface area contributed by atoms with Gasteiger partial charge < -0.3 is 11.1 Å². The third kappa shape index (κ3) is 4.49. The molecule has 0 aromatic carbocycles. The van der Waals surface area contributed by atoms with Gasteiger partial charge in [0.2, 0.25) is 5.91 Å². The van der Waals surface area contributed by atoms with Crippen molar-refractivity contribution in [3.8, 4) is 0 Å². The molecular weight excluding hydrogens is 228 g/mol. The van der Waals surface area contributed by atoms with E-state index < -0.39 is 0 Å². The van der Waals surface area contributed by atoms with Crippen LogP contribution in [0.1, 0.15) is 38.4 Å². The average Bonchev–Trinajstić information content (AvgIpc) is 2.67. The van der Waals surface area contributed by atoms with Crippen molar-refractivity contribution in [3.05, 3.63) is 17.5 Å². The molecule has 0 aliphatic carbocycles. The number of aromatic nitrogens is 2. The van der Waals surface area contributed by atoms with Crippen LogP contribution in [0.15, 0.2) is 6.20 Å². The molecule has 1 heterocycles. The van der Waals surface area contributed by atoms with Gasteiger partial charge in [-0.15, -0.1) is 0 Å². The number of carbonyl (C=O) groups excluding carboxylic acids is 1. The van der Waals surface area contributed by atoms with Crippen LogP contribution in [0.3, 0.4) is 0 Å². The Hall–Kier alpha value is -1.36. The van der Waals surface area contributed by atoms with Crippen molar-refractivity contribution in [3.63, 3.8) is 0 Å². The number of nitrogens with two attached hydrogens (primary N) is 1. The summed E-state index contributed by atoms with van der Waals surface area (Å²) in [6.07, 6.45) is 2.52. The van der Waals surface area contributed by atoms with Crippen LogP contribution in [0, 0.1) is 18.3 Å². The van der Waals surface area contributed by atoms with E-state index in [1.54, 1.807) is 6.20 Å². The summed E-state index contributed by atoms with van der Waals surface area (Å²) < 4.78 is 0. The van der Waals surface area contributed by atoms with E-state index >= 15 is 0 Å². The van der Waals surface area contributed by atoms with Crippen LogP contribution in [-0.2, 0) is 11.3 Å². The van der Waals surface area contributed by atoms with Gasteiger partial charge in [-0.3, -0.25) is 9.89 Å². The molecule has 0 aliphatic rings. The molecule has 4 N–H and O–H groups in total. The van der Waals surface area contributed by atoms with Crippen molar-refractivity contribution in [1.29, 1.82) is 0 Å². The van der Waals surface area contributed by atoms with Gasteiger partial charge in [-0.05, 0) is 18.8 Å². The Bertz CT molecular complexity index is 392. The topological polar surface area (TPSA) is 83.8 Å². The predicted octanol–water partition coefficient (Wildman–Crippen LogP) is 1.35. The fourth-order valence-electron chi connectivity index (χ4n) is 1.90. The van der Waals surface area contributed by atoms with Crippen LogP contribution in [-0.4, -0.2) is 22.6 Å². The van der Waals surface area contributed by atoms with E-state index in [1.807, 2.05) is 6.92 Å². The molecule has 1 aromatic rings. The molecule has 0 fully saturated rings. The van der Waals surface area contributed by atoms with E-state index in [-0.39, 0.29) is 17.2 Å². The first kappa shape index (κ1) is 14.7. The summed E-state index contributed by atoms with van der Waals surface area (Å²) in [6, 6.07) is 0. The second-order valence-corrected chi connectivity index (χ2v) is 5.94. The van der Waals surface area contributed by atoms with Crippen LogP contribution in [0.25, 0.3) is 0 Å². The van der Waals surface area contributed by atoms with Gasteiger partial charge >= 0.3 is 0 Å². The zero-order valence-corrected chi connectivity index (χ0v) is 11.7. The molecule has 0 bridgehead atoms. The summed E-state index contributed by atoms with van der Waals surface area (Å²) in [5.74, 6) is -0.106. The average molecular weight is 252 g/mol. The third-order valence-corrected chi connectivity index (χ3v) is 2.90. The van der Waals surface area contributed by atoms with Gasteiger partial charge in [-0.25, -0.2) is 0 Å². The summed E-state index contributed by atoms with van der Waals surface area (Å²) in [4.78, 5) is 12.0. The number of carbonyl (C=O) groups is 1. The number of hydrogen-bond acceptors (Lipinski definition) is 3. The number of rotatable bonds is 5. The maximum absolute atomic E-state index is 12.0. The second-order valence-electron chi connectivity index (χ2n) is 5.94. The Morgan fingerprint density at radius 2 is 2.22 bits per heavy atom. The molecule has 0 radical (unpaired) electrons. The fourth-order valence-corrected chi connectivity index (χ4v) is 1.90. The highest BCUT2D eigenvalue weighted by Crippen LogP contribution is 2.24. The first-order chi connectivity index (χ1) is 8.33. The molecule has 1 amide bonds. The van der Waals surface area contributed by atoms with Gasteiger partial charge in [-0.2, -0.15) is 5.10 Å². The quantitative estimate of drug-likeness (QED) is 0.739. The molecule has 0 saturated heterocycles. The predicted molar refractivity (Wildman–Crippen MR) is 71.8 cm³/mol. The Kier molecular flexibility index (Phi) is 4.90. The van der Waals surface area contributed by atoms with Gasteiger partial charge in [0.1, 0.15) is 0 Å². The molecule has 0 saturated carbocycles. The van der Waals surface area contributed by atoms with E-state index in [0.29, 0.717) is 13.1 Å². The number of aromatic amines is 1. The standard InChI is InChI=1S/C13H24N4O/c1-9-11(8-16-17-9)7-15-12(18)10(6-14)5-13(2,3)4/h8,10H,5-7,14H2,1-4H3,(H,15,18)(H,16,17). The van der Waals surface area contributed by atoms with Crippen molar-refractivity contribution in [2.45, 2.75) is 40.7 Å². The number of H-pyrrole nitrogens is 1. The maximum Gasteiger partial charge on any atom is 0.224 e. The van der Waals surface area contributed by atoms with Crippen molar-refractivity contribution in [2.24, 2.45) is 17.1 Å². The second kappa shape index (κ2) is 6.00. The lowest BCUT2D eigenvalue weighted by molar-refractivity contribution is -0.125. The minimum atomic E-state index is -0.128. The van der Waals surface area contributed by atoms with E-state index in [1.165, 1.54) is 0 Å². The molecule has 1 unspecified atom stereocenters. The zero-order chi connectivity index (χ0) is 13.8. The smallest absolute Gasteiger partial charge is 0.224 e. The highest BCUT2D eigenvalue weighted by atomic mass is 16.1. The summed E-state index contributed by atoms with van der Waals surface area (Å²) in [7, 11) is 0. The molecule has 5 heteroatoms. The minimum absolute atomic E-state index is 0.0213. The SMILES string of the molecule is Cc1[nH]ncc1CNC(=O)C(CN)CC(C)(C)C.